The van der Waals surface area contributed by atoms with Gasteiger partial charge in [0.15, 0.2) is 11.0 Å². The molecule has 4 heteroatoms. The molecule has 0 spiro atoms. The van der Waals surface area contributed by atoms with Gasteiger partial charge in [-0.1, -0.05) is 98.8 Å². The number of imidazole rings is 1. The third-order valence-corrected chi connectivity index (χ3v) is 9.54. The summed E-state index contributed by atoms with van der Waals surface area (Å²) >= 11 is 0. The van der Waals surface area contributed by atoms with E-state index in [0.29, 0.717) is 6.04 Å². The molecule has 0 radical (unpaired) electrons. The van der Waals surface area contributed by atoms with Crippen molar-refractivity contribution in [1.82, 2.24) is 14.1 Å². The smallest absolute Gasteiger partial charge is 0.250 e. The Balaban J connectivity index is 1.27. The monoisotopic (exact) mass is 597 g/mol. The van der Waals surface area contributed by atoms with Crippen LogP contribution in [0.25, 0.3) is 55.5 Å². The van der Waals surface area contributed by atoms with Crippen molar-refractivity contribution in [1.29, 1.82) is 0 Å². The molecule has 0 saturated carbocycles. The first kappa shape index (κ1) is 28.0. The van der Waals surface area contributed by atoms with Gasteiger partial charge in [-0.3, -0.25) is 4.57 Å². The van der Waals surface area contributed by atoms with E-state index in [4.69, 9.17) is 4.98 Å². The maximum Gasteiger partial charge on any atom is 0.250 e. The molecule has 0 fully saturated rings. The summed E-state index contributed by atoms with van der Waals surface area (Å²) in [7, 11) is 0. The number of nitrogens with zero attached hydrogens (tertiary/aromatic N) is 4. The SMILES string of the molecule is CC(C)[n+]1cn(-c2cccc(C(C)(C)c3ccc4c5ccccc5n(-c5cc(-c6ccccc6)ccn5)c4c3)c2)c2ccccc21. The Kier molecular flexibility index (Phi) is 6.61. The minimum absolute atomic E-state index is 0.248. The highest BCUT2D eigenvalue weighted by molar-refractivity contribution is 6.09. The van der Waals surface area contributed by atoms with Crippen LogP contribution < -0.4 is 4.57 Å². The van der Waals surface area contributed by atoms with Crippen LogP contribution in [0.1, 0.15) is 44.9 Å². The molecule has 46 heavy (non-hydrogen) atoms. The topological polar surface area (TPSA) is 26.6 Å². The predicted molar refractivity (Wildman–Crippen MR) is 190 cm³/mol. The van der Waals surface area contributed by atoms with Crippen molar-refractivity contribution < 1.29 is 4.57 Å². The Bertz CT molecular complexity index is 2370. The molecule has 0 aliphatic heterocycles. The summed E-state index contributed by atoms with van der Waals surface area (Å²) in [5, 5.41) is 2.46. The number of aromatic nitrogens is 4. The highest BCUT2D eigenvalue weighted by Crippen LogP contribution is 2.38. The summed E-state index contributed by atoms with van der Waals surface area (Å²) < 4.78 is 6.99. The van der Waals surface area contributed by atoms with Gasteiger partial charge >= 0.3 is 0 Å². The largest absolute Gasteiger partial charge is 0.294 e. The average Bonchev–Trinajstić information content (AvgIpc) is 3.65. The zero-order valence-electron chi connectivity index (χ0n) is 26.7. The van der Waals surface area contributed by atoms with E-state index in [1.54, 1.807) is 0 Å². The molecule has 0 bridgehead atoms. The van der Waals surface area contributed by atoms with E-state index in [0.717, 1.165) is 22.4 Å². The summed E-state index contributed by atoms with van der Waals surface area (Å²) in [6, 6.07) is 48.5. The Hall–Kier alpha value is -5.48. The van der Waals surface area contributed by atoms with Gasteiger partial charge in [0.2, 0.25) is 6.33 Å². The third-order valence-electron chi connectivity index (χ3n) is 9.54. The Morgan fingerprint density at radius 2 is 1.33 bits per heavy atom. The van der Waals surface area contributed by atoms with Gasteiger partial charge in [-0.15, -0.1) is 0 Å². The first-order chi connectivity index (χ1) is 22.4. The van der Waals surface area contributed by atoms with E-state index in [-0.39, 0.29) is 5.41 Å². The van der Waals surface area contributed by atoms with Gasteiger partial charge < -0.3 is 0 Å². The summed E-state index contributed by atoms with van der Waals surface area (Å²) in [4.78, 5) is 4.90. The molecule has 5 aromatic carbocycles. The van der Waals surface area contributed by atoms with Crippen molar-refractivity contribution in [2.45, 2.75) is 39.2 Å². The summed E-state index contributed by atoms with van der Waals surface area (Å²) in [5.74, 6) is 0.919. The minimum atomic E-state index is -0.248. The highest BCUT2D eigenvalue weighted by Gasteiger charge is 2.27. The molecule has 8 aromatic rings. The van der Waals surface area contributed by atoms with Gasteiger partial charge in [0.05, 0.1) is 17.1 Å². The number of pyridine rings is 1. The number of benzene rings is 5. The molecular weight excluding hydrogens is 560 g/mol. The van der Waals surface area contributed by atoms with E-state index >= 15 is 0 Å². The van der Waals surface area contributed by atoms with Crippen LogP contribution in [0.4, 0.5) is 0 Å². The fourth-order valence-corrected chi connectivity index (χ4v) is 6.92. The molecule has 0 atom stereocenters. The molecule has 0 amide bonds. The lowest BCUT2D eigenvalue weighted by Crippen LogP contribution is -2.34. The van der Waals surface area contributed by atoms with Crippen LogP contribution in [-0.2, 0) is 5.41 Å². The fraction of sp³-hybridized carbons (Fsp3) is 0.143. The van der Waals surface area contributed by atoms with Gasteiger partial charge in [0.1, 0.15) is 11.5 Å². The molecular formula is C42H37N4+. The third kappa shape index (κ3) is 4.52. The van der Waals surface area contributed by atoms with Crippen LogP contribution in [0.15, 0.2) is 146 Å². The second-order valence-electron chi connectivity index (χ2n) is 13.0. The predicted octanol–water partition coefficient (Wildman–Crippen LogP) is 9.98. The number of fused-ring (bicyclic) bond motifs is 4. The van der Waals surface area contributed by atoms with Gasteiger partial charge in [-0.2, -0.15) is 4.57 Å². The molecule has 0 saturated heterocycles. The van der Waals surface area contributed by atoms with Crippen molar-refractivity contribution in [3.05, 3.63) is 157 Å². The van der Waals surface area contributed by atoms with Gasteiger partial charge in [-0.25, -0.2) is 9.55 Å². The second-order valence-corrected chi connectivity index (χ2v) is 13.0. The zero-order chi connectivity index (χ0) is 31.4. The van der Waals surface area contributed by atoms with Crippen molar-refractivity contribution in [2.75, 3.05) is 0 Å². The maximum absolute atomic E-state index is 4.90. The highest BCUT2D eigenvalue weighted by atomic mass is 15.1. The average molecular weight is 598 g/mol. The van der Waals surface area contributed by atoms with Crippen molar-refractivity contribution >= 4 is 32.8 Å². The van der Waals surface area contributed by atoms with Crippen LogP contribution in [-0.4, -0.2) is 14.1 Å². The van der Waals surface area contributed by atoms with E-state index in [1.165, 1.54) is 44.2 Å². The maximum atomic E-state index is 4.90. The second kappa shape index (κ2) is 10.8. The minimum Gasteiger partial charge on any atom is -0.294 e. The first-order valence-corrected chi connectivity index (χ1v) is 16.1. The van der Waals surface area contributed by atoms with Gasteiger partial charge in [0.25, 0.3) is 0 Å². The summed E-state index contributed by atoms with van der Waals surface area (Å²) in [5.41, 5.74) is 10.6. The number of hydrogen-bond acceptors (Lipinski definition) is 1. The molecule has 0 N–H and O–H groups in total. The lowest BCUT2D eigenvalue weighted by molar-refractivity contribution is -0.691. The van der Waals surface area contributed by atoms with Crippen LogP contribution in [0.2, 0.25) is 0 Å². The normalized spacial score (nSPS) is 12.1. The molecule has 3 aromatic heterocycles. The van der Waals surface area contributed by atoms with Crippen LogP contribution >= 0.6 is 0 Å². The number of hydrogen-bond donors (Lipinski definition) is 0. The molecule has 4 nitrogen and oxygen atoms in total. The van der Waals surface area contributed by atoms with Crippen molar-refractivity contribution in [3.8, 4) is 22.6 Å². The Morgan fingerprint density at radius 3 is 2.15 bits per heavy atom. The fourth-order valence-electron chi connectivity index (χ4n) is 6.92. The first-order valence-electron chi connectivity index (χ1n) is 16.1. The summed E-state index contributed by atoms with van der Waals surface area (Å²) in [6.07, 6.45) is 4.16. The van der Waals surface area contributed by atoms with Crippen LogP contribution in [0.3, 0.4) is 0 Å². The van der Waals surface area contributed by atoms with E-state index in [9.17, 15) is 0 Å². The van der Waals surface area contributed by atoms with Crippen LogP contribution in [0.5, 0.6) is 0 Å². The van der Waals surface area contributed by atoms with Crippen molar-refractivity contribution in [2.24, 2.45) is 0 Å². The lowest BCUT2D eigenvalue weighted by atomic mass is 9.77. The molecule has 0 aliphatic carbocycles. The molecule has 3 heterocycles. The molecule has 8 rings (SSSR count). The standard InChI is InChI=1S/C42H37N4/c1-29(2)44-28-45(39-20-11-10-19-38(39)44)34-16-12-15-32(26-34)42(3,4)33-21-22-36-35-17-8-9-18-37(35)46(40(36)27-33)41-25-31(23-24-43-41)30-13-6-5-7-14-30/h5-29H,1-4H3/q+1. The lowest BCUT2D eigenvalue weighted by Gasteiger charge is -2.26. The van der Waals surface area contributed by atoms with Gasteiger partial charge in [-0.05, 0) is 84.6 Å². The van der Waals surface area contributed by atoms with E-state index in [2.05, 4.69) is 181 Å². The van der Waals surface area contributed by atoms with Crippen LogP contribution in [0, 0.1) is 0 Å². The summed E-state index contributed by atoms with van der Waals surface area (Å²) in [6.45, 7) is 9.13. The van der Waals surface area contributed by atoms with E-state index < -0.39 is 0 Å². The van der Waals surface area contributed by atoms with E-state index in [1.807, 2.05) is 6.20 Å². The van der Waals surface area contributed by atoms with Gasteiger partial charge in [0, 0.05) is 22.4 Å². The molecule has 0 aliphatic rings. The number of para-hydroxylation sites is 3. The Morgan fingerprint density at radius 1 is 0.609 bits per heavy atom. The van der Waals surface area contributed by atoms with Crippen molar-refractivity contribution in [3.63, 3.8) is 0 Å². The number of rotatable bonds is 6. The molecule has 224 valence electrons. The Labute approximate surface area is 269 Å². The zero-order valence-corrected chi connectivity index (χ0v) is 26.7. The quantitative estimate of drug-likeness (QED) is 0.175. The molecule has 0 unspecified atom stereocenters.